The molecule has 4 aromatic rings. The van der Waals surface area contributed by atoms with Gasteiger partial charge >= 0.3 is 5.97 Å². The monoisotopic (exact) mass is 546 g/mol. The van der Waals surface area contributed by atoms with Crippen LogP contribution in [0.4, 0.5) is 0 Å². The number of aromatic amines is 2. The molecule has 1 aliphatic rings. The zero-order chi connectivity index (χ0) is 26.4. The summed E-state index contributed by atoms with van der Waals surface area (Å²) in [6.07, 6.45) is 0.314. The number of para-hydroxylation sites is 1. The molecule has 0 spiro atoms. The van der Waals surface area contributed by atoms with E-state index >= 15 is 0 Å². The van der Waals surface area contributed by atoms with E-state index in [2.05, 4.69) is 35.9 Å². The van der Waals surface area contributed by atoms with Crippen LogP contribution in [0.1, 0.15) is 24.0 Å². The molecule has 194 valence electrons. The fourth-order valence-corrected chi connectivity index (χ4v) is 7.68. The number of esters is 1. The van der Waals surface area contributed by atoms with E-state index in [0.717, 1.165) is 0 Å². The van der Waals surface area contributed by atoms with E-state index < -0.39 is 40.9 Å². The fourth-order valence-electron chi connectivity index (χ4n) is 4.40. The predicted molar refractivity (Wildman–Crippen MR) is 130 cm³/mol. The lowest BCUT2D eigenvalue weighted by molar-refractivity contribution is 0.0513. The molecule has 0 unspecified atom stereocenters. The molecule has 16 heteroatoms. The Morgan fingerprint density at radius 2 is 1.97 bits per heavy atom. The van der Waals surface area contributed by atoms with Crippen LogP contribution in [-0.4, -0.2) is 78.3 Å². The van der Waals surface area contributed by atoms with Crippen LogP contribution < -0.4 is 10.5 Å². The second-order valence-electron chi connectivity index (χ2n) is 8.26. The number of hydrogen-bond acceptors (Lipinski definition) is 11. The van der Waals surface area contributed by atoms with Crippen molar-refractivity contribution in [3.8, 4) is 22.5 Å². The highest BCUT2D eigenvalue weighted by molar-refractivity contribution is 7.94. The van der Waals surface area contributed by atoms with Crippen LogP contribution in [0.2, 0.25) is 0 Å². The molecule has 37 heavy (non-hydrogen) atoms. The lowest BCUT2D eigenvalue weighted by Gasteiger charge is -2.18. The summed E-state index contributed by atoms with van der Waals surface area (Å²) in [5, 5.41) is 21.4. The van der Waals surface area contributed by atoms with Gasteiger partial charge in [0.25, 0.3) is 0 Å². The Balaban J connectivity index is 1.83. The Morgan fingerprint density at radius 1 is 1.16 bits per heavy atom. The molecular formula is C21H22N8O6S2. The van der Waals surface area contributed by atoms with Gasteiger partial charge in [-0.1, -0.05) is 18.2 Å². The maximum Gasteiger partial charge on any atom is 0.374 e. The van der Waals surface area contributed by atoms with Crippen molar-refractivity contribution in [2.75, 3.05) is 19.7 Å². The smallest absolute Gasteiger partial charge is 0.374 e. The molecule has 0 radical (unpaired) electrons. The van der Waals surface area contributed by atoms with Crippen LogP contribution in [-0.2, 0) is 24.6 Å². The van der Waals surface area contributed by atoms with Crippen LogP contribution in [0, 0.1) is 0 Å². The Kier molecular flexibility index (Phi) is 6.26. The number of ether oxygens (including phenoxy) is 1. The number of sulfone groups is 1. The summed E-state index contributed by atoms with van der Waals surface area (Å²) < 4.78 is 58.0. The number of tetrazole rings is 1. The summed E-state index contributed by atoms with van der Waals surface area (Å²) in [5.74, 6) is -0.899. The van der Waals surface area contributed by atoms with Gasteiger partial charge in [-0.2, -0.15) is 5.21 Å². The number of nitrogens with one attached hydrogen (secondary N) is 3. The number of fused-ring (bicyclic) bond motifs is 1. The molecular weight excluding hydrogens is 524 g/mol. The molecule has 3 heterocycles. The van der Waals surface area contributed by atoms with Crippen molar-refractivity contribution < 1.29 is 26.4 Å². The van der Waals surface area contributed by atoms with E-state index in [1.165, 1.54) is 12.1 Å². The van der Waals surface area contributed by atoms with Crippen molar-refractivity contribution in [1.82, 2.24) is 35.9 Å². The minimum atomic E-state index is -4.63. The largest absolute Gasteiger partial charge is 0.460 e. The number of aromatic nitrogens is 6. The number of carbonyl (C=O) groups is 1. The van der Waals surface area contributed by atoms with Crippen molar-refractivity contribution in [2.24, 2.45) is 5.14 Å². The third kappa shape index (κ3) is 4.37. The summed E-state index contributed by atoms with van der Waals surface area (Å²) in [7, 11) is -8.74. The van der Waals surface area contributed by atoms with Crippen LogP contribution >= 0.6 is 0 Å². The van der Waals surface area contributed by atoms with Gasteiger partial charge in [0.2, 0.25) is 21.7 Å². The zero-order valence-electron chi connectivity index (χ0n) is 19.4. The summed E-state index contributed by atoms with van der Waals surface area (Å²) in [5.41, 5.74) is 1.22. The molecule has 1 saturated heterocycles. The molecule has 0 aliphatic carbocycles. The molecule has 5 N–H and O–H groups in total. The number of hydrogen-bond donors (Lipinski definition) is 4. The molecule has 1 atom stereocenters. The number of rotatable bonds is 7. The first-order chi connectivity index (χ1) is 17.6. The van der Waals surface area contributed by atoms with Crippen molar-refractivity contribution in [3.63, 3.8) is 0 Å². The number of nitrogens with zero attached hydrogens (tertiary/aromatic N) is 4. The molecule has 2 aromatic heterocycles. The molecule has 0 saturated carbocycles. The van der Waals surface area contributed by atoms with Gasteiger partial charge in [-0.15, -0.1) is 10.2 Å². The summed E-state index contributed by atoms with van der Waals surface area (Å²) in [6, 6.07) is 7.64. The summed E-state index contributed by atoms with van der Waals surface area (Å²) in [6.45, 7) is 2.47. The second kappa shape index (κ2) is 9.29. The van der Waals surface area contributed by atoms with E-state index in [1.54, 1.807) is 25.1 Å². The number of primary sulfonamides is 1. The van der Waals surface area contributed by atoms with Gasteiger partial charge in [0.1, 0.15) is 4.90 Å². The van der Waals surface area contributed by atoms with E-state index in [4.69, 9.17) is 9.88 Å². The molecule has 0 amide bonds. The van der Waals surface area contributed by atoms with Crippen molar-refractivity contribution in [3.05, 3.63) is 36.2 Å². The average Bonchev–Trinajstić information content (AvgIpc) is 3.64. The third-order valence-electron chi connectivity index (χ3n) is 6.01. The molecule has 1 fully saturated rings. The molecule has 1 aliphatic heterocycles. The highest BCUT2D eigenvalue weighted by Gasteiger charge is 2.37. The van der Waals surface area contributed by atoms with E-state index in [-0.39, 0.29) is 35.9 Å². The van der Waals surface area contributed by atoms with E-state index in [0.29, 0.717) is 29.6 Å². The van der Waals surface area contributed by atoms with E-state index in [1.807, 2.05) is 0 Å². The summed E-state index contributed by atoms with van der Waals surface area (Å²) >= 11 is 0. The van der Waals surface area contributed by atoms with Gasteiger partial charge in [-0.25, -0.2) is 31.8 Å². The topological polar surface area (TPSA) is 216 Å². The molecule has 14 nitrogen and oxygen atoms in total. The standard InChI is InChI=1S/C21H22N8O6S2/c1-2-35-21(30)20-24-14-5-3-4-13(17(14)25-20)12-6-7-15(36(31,32)11-8-9-23-10-11)18(37(22,33)34)16(12)19-26-28-29-27-19/h3-7,11,23H,2,8-10H2,1H3,(H,24,25)(H2,22,33,34)(H,26,27,28,29)/t11-/m0/s1. The van der Waals surface area contributed by atoms with Crippen molar-refractivity contribution in [2.45, 2.75) is 28.4 Å². The van der Waals surface area contributed by atoms with Gasteiger partial charge in [0, 0.05) is 12.1 Å². The zero-order valence-corrected chi connectivity index (χ0v) is 21.1. The lowest BCUT2D eigenvalue weighted by atomic mass is 9.98. The van der Waals surface area contributed by atoms with E-state index in [9.17, 15) is 21.6 Å². The first-order valence-electron chi connectivity index (χ1n) is 11.2. The number of sulfonamides is 1. The maximum absolute atomic E-state index is 13.5. The number of benzene rings is 2. The number of imidazole rings is 1. The second-order valence-corrected chi connectivity index (χ2v) is 12.0. The average molecular weight is 547 g/mol. The van der Waals surface area contributed by atoms with Gasteiger partial charge in [0.05, 0.1) is 33.3 Å². The van der Waals surface area contributed by atoms with Crippen molar-refractivity contribution >= 4 is 36.9 Å². The highest BCUT2D eigenvalue weighted by atomic mass is 32.2. The van der Waals surface area contributed by atoms with Crippen LogP contribution in [0.5, 0.6) is 0 Å². The highest BCUT2D eigenvalue weighted by Crippen LogP contribution is 2.41. The lowest BCUT2D eigenvalue weighted by Crippen LogP contribution is -2.27. The van der Waals surface area contributed by atoms with Gasteiger partial charge in [-0.3, -0.25) is 0 Å². The number of nitrogens with two attached hydrogens (primary N) is 1. The molecule has 5 rings (SSSR count). The Morgan fingerprint density at radius 3 is 2.62 bits per heavy atom. The van der Waals surface area contributed by atoms with Crippen LogP contribution in [0.25, 0.3) is 33.5 Å². The SMILES string of the molecule is CCOC(=O)c1nc2c(-c3ccc(S(=O)(=O)[C@H]4CCNC4)c(S(N)(=O)=O)c3-c3nn[nH]n3)cccc2[nH]1. The van der Waals surface area contributed by atoms with Gasteiger partial charge in [0.15, 0.2) is 9.84 Å². The van der Waals surface area contributed by atoms with Gasteiger partial charge in [-0.05, 0) is 42.8 Å². The summed E-state index contributed by atoms with van der Waals surface area (Å²) in [4.78, 5) is 18.4. The van der Waals surface area contributed by atoms with Crippen molar-refractivity contribution in [1.29, 1.82) is 0 Å². The van der Waals surface area contributed by atoms with Gasteiger partial charge < -0.3 is 15.0 Å². The number of H-pyrrole nitrogens is 2. The predicted octanol–water partition coefficient (Wildman–Crippen LogP) is 0.370. The Hall–Kier alpha value is -3.73. The third-order valence-corrected chi connectivity index (χ3v) is 9.36. The fraction of sp³-hybridized carbons (Fsp3) is 0.286. The maximum atomic E-state index is 13.5. The molecule has 2 aromatic carbocycles. The van der Waals surface area contributed by atoms with Crippen LogP contribution in [0.15, 0.2) is 40.1 Å². The first-order valence-corrected chi connectivity index (χ1v) is 14.3. The minimum absolute atomic E-state index is 0.0509. The number of carbonyl (C=O) groups excluding carboxylic acids is 1. The molecule has 0 bridgehead atoms. The quantitative estimate of drug-likeness (QED) is 0.232. The normalized spacial score (nSPS) is 16.3. The Labute approximate surface area is 211 Å². The minimum Gasteiger partial charge on any atom is -0.460 e. The Bertz CT molecular complexity index is 1710. The first kappa shape index (κ1) is 24.9. The van der Waals surface area contributed by atoms with Crippen LogP contribution in [0.3, 0.4) is 0 Å².